The molecule has 0 spiro atoms. The molecule has 1 N–H and O–H groups in total. The lowest BCUT2D eigenvalue weighted by Crippen LogP contribution is -2.39. The van der Waals surface area contributed by atoms with Gasteiger partial charge in [-0.05, 0) is 49.3 Å². The maximum absolute atomic E-state index is 12.5. The normalized spacial score (nSPS) is 20.3. The zero-order chi connectivity index (χ0) is 17.1. The van der Waals surface area contributed by atoms with Crippen LogP contribution in [-0.4, -0.2) is 28.0 Å². The highest BCUT2D eigenvalue weighted by Gasteiger charge is 2.25. The minimum atomic E-state index is 0.0250. The van der Waals surface area contributed by atoms with E-state index in [1.165, 1.54) is 0 Å². The second-order valence-corrected chi connectivity index (χ2v) is 7.33. The van der Waals surface area contributed by atoms with Crippen LogP contribution in [0.3, 0.4) is 0 Å². The molecule has 3 aromatic rings. The number of amides is 1. The van der Waals surface area contributed by atoms with Gasteiger partial charge in [-0.3, -0.25) is 4.79 Å². The Hall–Kier alpha value is -2.47. The van der Waals surface area contributed by atoms with Gasteiger partial charge in [0.25, 0.3) is 5.91 Å². The van der Waals surface area contributed by atoms with Crippen LogP contribution < -0.4 is 10.1 Å². The lowest BCUT2D eigenvalue weighted by molar-refractivity contribution is 0.0889. The molecule has 4 rings (SSSR count). The van der Waals surface area contributed by atoms with Gasteiger partial charge < -0.3 is 10.1 Å². The van der Waals surface area contributed by atoms with Crippen LogP contribution in [0.25, 0.3) is 10.1 Å². The molecule has 0 radical (unpaired) electrons. The average Bonchev–Trinajstić information content (AvgIpc) is 3.09. The highest BCUT2D eigenvalue weighted by Crippen LogP contribution is 2.26. The van der Waals surface area contributed by atoms with E-state index in [2.05, 4.69) is 15.3 Å². The third kappa shape index (κ3) is 3.79. The van der Waals surface area contributed by atoms with Crippen LogP contribution in [-0.2, 0) is 0 Å². The van der Waals surface area contributed by atoms with E-state index in [-0.39, 0.29) is 18.1 Å². The first-order valence-electron chi connectivity index (χ1n) is 8.51. The van der Waals surface area contributed by atoms with Crippen molar-refractivity contribution in [2.45, 2.75) is 37.8 Å². The van der Waals surface area contributed by atoms with Crippen LogP contribution in [0.4, 0.5) is 0 Å². The first-order chi connectivity index (χ1) is 12.3. The highest BCUT2D eigenvalue weighted by molar-refractivity contribution is 7.20. The van der Waals surface area contributed by atoms with E-state index in [9.17, 15) is 4.79 Å². The molecule has 1 saturated carbocycles. The van der Waals surface area contributed by atoms with Crippen LogP contribution in [0.15, 0.2) is 48.8 Å². The monoisotopic (exact) mass is 353 g/mol. The van der Waals surface area contributed by atoms with Gasteiger partial charge in [-0.1, -0.05) is 18.2 Å². The van der Waals surface area contributed by atoms with E-state index < -0.39 is 0 Å². The number of benzene rings is 1. The van der Waals surface area contributed by atoms with Gasteiger partial charge in [-0.25, -0.2) is 9.97 Å². The Morgan fingerprint density at radius 3 is 2.60 bits per heavy atom. The summed E-state index contributed by atoms with van der Waals surface area (Å²) in [6.07, 6.45) is 7.10. The molecule has 2 heterocycles. The predicted octanol–water partition coefficient (Wildman–Crippen LogP) is 3.81. The van der Waals surface area contributed by atoms with Crippen molar-refractivity contribution in [3.63, 3.8) is 0 Å². The van der Waals surface area contributed by atoms with Gasteiger partial charge in [0.05, 0.1) is 4.88 Å². The number of rotatable bonds is 4. The first kappa shape index (κ1) is 16.0. The predicted molar refractivity (Wildman–Crippen MR) is 98.0 cm³/mol. The van der Waals surface area contributed by atoms with Crippen molar-refractivity contribution >= 4 is 27.3 Å². The number of thiophene rings is 1. The van der Waals surface area contributed by atoms with Crippen LogP contribution in [0, 0.1) is 0 Å². The largest absolute Gasteiger partial charge is 0.460 e. The minimum Gasteiger partial charge on any atom is -0.460 e. The van der Waals surface area contributed by atoms with E-state index in [0.717, 1.165) is 40.6 Å². The fraction of sp³-hybridized carbons (Fsp3) is 0.316. The van der Waals surface area contributed by atoms with Crippen molar-refractivity contribution in [1.82, 2.24) is 15.3 Å². The number of hydrogen-bond acceptors (Lipinski definition) is 5. The molecule has 1 aliphatic rings. The molecule has 25 heavy (non-hydrogen) atoms. The van der Waals surface area contributed by atoms with Gasteiger partial charge in [-0.15, -0.1) is 11.3 Å². The van der Waals surface area contributed by atoms with Crippen LogP contribution in [0.2, 0.25) is 0 Å². The lowest BCUT2D eigenvalue weighted by atomic mass is 9.93. The fourth-order valence-corrected chi connectivity index (χ4v) is 4.14. The van der Waals surface area contributed by atoms with E-state index in [0.29, 0.717) is 6.01 Å². The molecule has 0 bridgehead atoms. The van der Waals surface area contributed by atoms with Gasteiger partial charge in [0.2, 0.25) is 0 Å². The van der Waals surface area contributed by atoms with E-state index in [1.807, 2.05) is 30.3 Å². The zero-order valence-electron chi connectivity index (χ0n) is 13.7. The second kappa shape index (κ2) is 7.19. The molecule has 1 amide bonds. The number of carbonyl (C=O) groups is 1. The van der Waals surface area contributed by atoms with E-state index >= 15 is 0 Å². The number of nitrogens with zero attached hydrogens (tertiary/aromatic N) is 2. The topological polar surface area (TPSA) is 64.1 Å². The Bertz CT molecular complexity index is 824. The number of nitrogens with one attached hydrogen (secondary N) is 1. The van der Waals surface area contributed by atoms with Crippen molar-refractivity contribution in [3.05, 3.63) is 53.7 Å². The molecule has 2 aromatic heterocycles. The molecule has 0 atom stereocenters. The number of fused-ring (bicyclic) bond motifs is 1. The molecule has 1 aromatic carbocycles. The maximum Gasteiger partial charge on any atom is 0.316 e. The van der Waals surface area contributed by atoms with E-state index in [4.69, 9.17) is 4.74 Å². The van der Waals surface area contributed by atoms with Crippen molar-refractivity contribution < 1.29 is 9.53 Å². The lowest BCUT2D eigenvalue weighted by Gasteiger charge is -2.28. The molecule has 5 nitrogen and oxygen atoms in total. The summed E-state index contributed by atoms with van der Waals surface area (Å²) in [5.74, 6) is 0.0250. The summed E-state index contributed by atoms with van der Waals surface area (Å²) in [5.41, 5.74) is 0. The molecule has 1 aliphatic carbocycles. The van der Waals surface area contributed by atoms with Gasteiger partial charge in [0, 0.05) is 23.1 Å². The maximum atomic E-state index is 12.5. The summed E-state index contributed by atoms with van der Waals surface area (Å²) in [6.45, 7) is 0. The van der Waals surface area contributed by atoms with E-state index in [1.54, 1.807) is 29.8 Å². The SMILES string of the molecule is O=C(NC1CCC(Oc2ncccn2)CC1)c1cc2ccccc2s1. The minimum absolute atomic E-state index is 0.0250. The summed E-state index contributed by atoms with van der Waals surface area (Å²) in [7, 11) is 0. The molecule has 128 valence electrons. The van der Waals surface area contributed by atoms with Crippen molar-refractivity contribution in [2.24, 2.45) is 0 Å². The van der Waals surface area contributed by atoms with Crippen molar-refractivity contribution in [2.75, 3.05) is 0 Å². The molecule has 6 heteroatoms. The number of ether oxygens (including phenoxy) is 1. The Morgan fingerprint density at radius 1 is 1.08 bits per heavy atom. The number of carbonyl (C=O) groups excluding carboxylic acids is 1. The third-order valence-corrected chi connectivity index (χ3v) is 5.59. The quantitative estimate of drug-likeness (QED) is 0.775. The Balaban J connectivity index is 1.31. The molecular formula is C19H19N3O2S. The summed E-state index contributed by atoms with van der Waals surface area (Å²) in [5, 5.41) is 4.29. The summed E-state index contributed by atoms with van der Waals surface area (Å²) in [4.78, 5) is 21.5. The molecular weight excluding hydrogens is 334 g/mol. The van der Waals surface area contributed by atoms with Crippen molar-refractivity contribution in [1.29, 1.82) is 0 Å². The number of aromatic nitrogens is 2. The standard InChI is InChI=1S/C19H19N3O2S/c23-18(17-12-13-4-1-2-5-16(13)25-17)22-14-6-8-15(9-7-14)24-19-20-10-3-11-21-19/h1-5,10-12,14-15H,6-9H2,(H,22,23). The summed E-state index contributed by atoms with van der Waals surface area (Å²) < 4.78 is 6.95. The van der Waals surface area contributed by atoms with Crippen LogP contribution >= 0.6 is 11.3 Å². The smallest absolute Gasteiger partial charge is 0.316 e. The summed E-state index contributed by atoms with van der Waals surface area (Å²) in [6, 6.07) is 12.5. The third-order valence-electron chi connectivity index (χ3n) is 4.47. The van der Waals surface area contributed by atoms with Crippen LogP contribution in [0.5, 0.6) is 6.01 Å². The first-order valence-corrected chi connectivity index (χ1v) is 9.33. The second-order valence-electron chi connectivity index (χ2n) is 6.24. The highest BCUT2D eigenvalue weighted by atomic mass is 32.1. The van der Waals surface area contributed by atoms with Gasteiger partial charge in [0.1, 0.15) is 6.10 Å². The summed E-state index contributed by atoms with van der Waals surface area (Å²) >= 11 is 1.54. The Labute approximate surface area is 150 Å². The molecule has 1 fully saturated rings. The average molecular weight is 353 g/mol. The Kier molecular flexibility index (Phi) is 4.61. The zero-order valence-corrected chi connectivity index (χ0v) is 14.5. The molecule has 0 saturated heterocycles. The van der Waals surface area contributed by atoms with Crippen molar-refractivity contribution in [3.8, 4) is 6.01 Å². The molecule has 0 unspecified atom stereocenters. The van der Waals surface area contributed by atoms with Gasteiger partial charge in [0.15, 0.2) is 0 Å². The van der Waals surface area contributed by atoms with Gasteiger partial charge in [-0.2, -0.15) is 0 Å². The van der Waals surface area contributed by atoms with Crippen LogP contribution in [0.1, 0.15) is 35.4 Å². The van der Waals surface area contributed by atoms with Gasteiger partial charge >= 0.3 is 6.01 Å². The fourth-order valence-electron chi connectivity index (χ4n) is 3.17. The number of hydrogen-bond donors (Lipinski definition) is 1. The Morgan fingerprint density at radius 2 is 1.84 bits per heavy atom. The molecule has 0 aliphatic heterocycles.